The molecule has 0 atom stereocenters. The fraction of sp³-hybridized carbons (Fsp3) is 0.500. The monoisotopic (exact) mass is 354 g/mol. The molecule has 0 unspecified atom stereocenters. The molecule has 3 N–H and O–H groups in total. The van der Waals surface area contributed by atoms with Crippen LogP contribution in [-0.2, 0) is 19.6 Å². The zero-order valence-electron chi connectivity index (χ0n) is 13.5. The number of hydrogen-bond donors (Lipinski definition) is 3. The van der Waals surface area contributed by atoms with Crippen molar-refractivity contribution in [2.75, 3.05) is 15.8 Å². The number of nitrogens with one attached hydrogen (secondary N) is 2. The summed E-state index contributed by atoms with van der Waals surface area (Å²) in [4.78, 5) is 23.2. The third kappa shape index (κ3) is 4.95. The summed E-state index contributed by atoms with van der Waals surface area (Å²) in [5, 5.41) is 11.8. The number of carboxylic acid groups (broad SMARTS) is 1. The highest BCUT2D eigenvalue weighted by Gasteiger charge is 2.29. The fourth-order valence-electron chi connectivity index (χ4n) is 2.72. The van der Waals surface area contributed by atoms with Crippen molar-refractivity contribution in [1.29, 1.82) is 0 Å². The maximum atomic E-state index is 12.2. The Kier molecular flexibility index (Phi) is 5.82. The van der Waals surface area contributed by atoms with Gasteiger partial charge in [-0.1, -0.05) is 0 Å². The molecule has 1 amide bonds. The number of sulfonamides is 1. The highest BCUT2D eigenvalue weighted by atomic mass is 32.2. The second kappa shape index (κ2) is 7.65. The molecule has 0 bridgehead atoms. The predicted molar refractivity (Wildman–Crippen MR) is 91.2 cm³/mol. The predicted octanol–water partition coefficient (Wildman–Crippen LogP) is 2.28. The van der Waals surface area contributed by atoms with E-state index in [1.165, 1.54) is 0 Å². The minimum absolute atomic E-state index is 0.00942. The van der Waals surface area contributed by atoms with E-state index in [-0.39, 0.29) is 23.5 Å². The first-order valence-electron chi connectivity index (χ1n) is 7.95. The first-order chi connectivity index (χ1) is 11.3. The number of aliphatic carboxylic acids is 1. The van der Waals surface area contributed by atoms with E-state index in [0.717, 1.165) is 0 Å². The molecule has 0 aliphatic heterocycles. The standard InChI is InChI=1S/C16H22N2O5S/c1-2-24(22,23)18-14-9-7-13(8-10-14)17-15(19)11-3-5-12(6-4-11)16(20)21/h7-12,18H,2-6H2,1H3,(H,17,19)(H,20,21). The lowest BCUT2D eigenvalue weighted by Gasteiger charge is -2.25. The van der Waals surface area contributed by atoms with Gasteiger partial charge in [0.2, 0.25) is 15.9 Å². The van der Waals surface area contributed by atoms with Crippen LogP contribution in [-0.4, -0.2) is 31.2 Å². The Morgan fingerprint density at radius 2 is 1.54 bits per heavy atom. The molecule has 1 aliphatic carbocycles. The third-order valence-electron chi connectivity index (χ3n) is 4.25. The average molecular weight is 354 g/mol. The molecule has 1 aromatic rings. The number of anilines is 2. The van der Waals surface area contributed by atoms with Gasteiger partial charge in [0.15, 0.2) is 0 Å². The normalized spacial score (nSPS) is 21.0. The van der Waals surface area contributed by atoms with Crippen LogP contribution < -0.4 is 10.0 Å². The van der Waals surface area contributed by atoms with Crippen LogP contribution in [0.1, 0.15) is 32.6 Å². The average Bonchev–Trinajstić information content (AvgIpc) is 2.56. The Balaban J connectivity index is 1.90. The number of hydrogen-bond acceptors (Lipinski definition) is 4. The van der Waals surface area contributed by atoms with Crippen molar-refractivity contribution in [1.82, 2.24) is 0 Å². The second-order valence-corrected chi connectivity index (χ2v) is 7.97. The summed E-state index contributed by atoms with van der Waals surface area (Å²) in [6, 6.07) is 6.44. The molecule has 1 aliphatic rings. The SMILES string of the molecule is CCS(=O)(=O)Nc1ccc(NC(=O)C2CCC(C(=O)O)CC2)cc1. The van der Waals surface area contributed by atoms with E-state index in [4.69, 9.17) is 5.11 Å². The van der Waals surface area contributed by atoms with Gasteiger partial charge in [-0.3, -0.25) is 14.3 Å². The number of carbonyl (C=O) groups excluding carboxylic acids is 1. The van der Waals surface area contributed by atoms with Gasteiger partial charge in [0.25, 0.3) is 0 Å². The maximum Gasteiger partial charge on any atom is 0.306 e. The van der Waals surface area contributed by atoms with Crippen molar-refractivity contribution in [3.8, 4) is 0 Å². The second-order valence-electron chi connectivity index (χ2n) is 5.96. The molecule has 1 aromatic carbocycles. The van der Waals surface area contributed by atoms with Crippen LogP contribution in [0.4, 0.5) is 11.4 Å². The van der Waals surface area contributed by atoms with Crippen LogP contribution in [0.3, 0.4) is 0 Å². The van der Waals surface area contributed by atoms with E-state index in [9.17, 15) is 18.0 Å². The molecule has 24 heavy (non-hydrogen) atoms. The summed E-state index contributed by atoms with van der Waals surface area (Å²) in [6.07, 6.45) is 2.17. The van der Waals surface area contributed by atoms with Crippen LogP contribution in [0.25, 0.3) is 0 Å². The smallest absolute Gasteiger partial charge is 0.306 e. The van der Waals surface area contributed by atoms with Crippen molar-refractivity contribution in [3.05, 3.63) is 24.3 Å². The summed E-state index contributed by atoms with van der Waals surface area (Å²) in [6.45, 7) is 1.55. The third-order valence-corrected chi connectivity index (χ3v) is 5.56. The largest absolute Gasteiger partial charge is 0.481 e. The number of benzene rings is 1. The zero-order chi connectivity index (χ0) is 17.7. The molecule has 0 spiro atoms. The van der Waals surface area contributed by atoms with Gasteiger partial charge < -0.3 is 10.4 Å². The van der Waals surface area contributed by atoms with Gasteiger partial charge in [0.1, 0.15) is 0 Å². The summed E-state index contributed by atoms with van der Waals surface area (Å²) in [5.41, 5.74) is 1.02. The molecule has 1 fully saturated rings. The van der Waals surface area contributed by atoms with E-state index < -0.39 is 16.0 Å². The first-order valence-corrected chi connectivity index (χ1v) is 9.60. The van der Waals surface area contributed by atoms with Gasteiger partial charge in [-0.25, -0.2) is 8.42 Å². The number of amides is 1. The molecule has 132 valence electrons. The Morgan fingerprint density at radius 1 is 1.04 bits per heavy atom. The van der Waals surface area contributed by atoms with Gasteiger partial charge in [-0.15, -0.1) is 0 Å². The van der Waals surface area contributed by atoms with Crippen LogP contribution in [0.15, 0.2) is 24.3 Å². The van der Waals surface area contributed by atoms with Gasteiger partial charge in [0, 0.05) is 17.3 Å². The lowest BCUT2D eigenvalue weighted by Crippen LogP contribution is -2.29. The first kappa shape index (κ1) is 18.3. The Hall–Kier alpha value is -2.09. The van der Waals surface area contributed by atoms with Crippen molar-refractivity contribution in [3.63, 3.8) is 0 Å². The highest BCUT2D eigenvalue weighted by Crippen LogP contribution is 2.30. The van der Waals surface area contributed by atoms with Crippen LogP contribution >= 0.6 is 0 Å². The summed E-state index contributed by atoms with van der Waals surface area (Å²) >= 11 is 0. The van der Waals surface area contributed by atoms with Gasteiger partial charge >= 0.3 is 5.97 Å². The van der Waals surface area contributed by atoms with Crippen molar-refractivity contribution < 1.29 is 23.1 Å². The molecular weight excluding hydrogens is 332 g/mol. The van der Waals surface area contributed by atoms with E-state index in [1.54, 1.807) is 31.2 Å². The van der Waals surface area contributed by atoms with Crippen LogP contribution in [0.2, 0.25) is 0 Å². The molecule has 0 saturated heterocycles. The topological polar surface area (TPSA) is 113 Å². The summed E-state index contributed by atoms with van der Waals surface area (Å²) in [5.74, 6) is -1.46. The Bertz CT molecular complexity index is 692. The molecule has 8 heteroatoms. The minimum Gasteiger partial charge on any atom is -0.481 e. The molecule has 0 radical (unpaired) electrons. The Morgan fingerprint density at radius 3 is 2.04 bits per heavy atom. The number of carbonyl (C=O) groups is 2. The molecule has 2 rings (SSSR count). The molecule has 7 nitrogen and oxygen atoms in total. The fourth-order valence-corrected chi connectivity index (χ4v) is 3.36. The van der Waals surface area contributed by atoms with E-state index in [1.807, 2.05) is 0 Å². The van der Waals surface area contributed by atoms with E-state index >= 15 is 0 Å². The lowest BCUT2D eigenvalue weighted by atomic mass is 9.81. The minimum atomic E-state index is -3.32. The highest BCUT2D eigenvalue weighted by molar-refractivity contribution is 7.92. The maximum absolute atomic E-state index is 12.2. The van der Waals surface area contributed by atoms with Gasteiger partial charge in [-0.2, -0.15) is 0 Å². The van der Waals surface area contributed by atoms with E-state index in [2.05, 4.69) is 10.0 Å². The molecule has 1 saturated carbocycles. The van der Waals surface area contributed by atoms with Gasteiger partial charge in [-0.05, 0) is 56.9 Å². The quantitative estimate of drug-likeness (QED) is 0.725. The summed E-state index contributed by atoms with van der Waals surface area (Å²) < 4.78 is 25.4. The van der Waals surface area contributed by atoms with Crippen LogP contribution in [0, 0.1) is 11.8 Å². The number of carboxylic acids is 1. The van der Waals surface area contributed by atoms with Crippen molar-refractivity contribution >= 4 is 33.3 Å². The van der Waals surface area contributed by atoms with Crippen molar-refractivity contribution in [2.24, 2.45) is 11.8 Å². The zero-order valence-corrected chi connectivity index (χ0v) is 14.3. The van der Waals surface area contributed by atoms with Crippen LogP contribution in [0.5, 0.6) is 0 Å². The lowest BCUT2D eigenvalue weighted by molar-refractivity contribution is -0.143. The number of rotatable bonds is 6. The Labute approximate surface area is 141 Å². The molecule has 0 heterocycles. The summed E-state index contributed by atoms with van der Waals surface area (Å²) in [7, 11) is -3.32. The molecule has 0 aromatic heterocycles. The van der Waals surface area contributed by atoms with E-state index in [0.29, 0.717) is 37.1 Å². The van der Waals surface area contributed by atoms with Gasteiger partial charge in [0.05, 0.1) is 11.7 Å². The van der Waals surface area contributed by atoms with Crippen molar-refractivity contribution in [2.45, 2.75) is 32.6 Å². The molecular formula is C16H22N2O5S.